The minimum atomic E-state index is -0.252. The molecule has 2 rings (SSSR count). The Hall–Kier alpha value is -1.64. The number of halogens is 1. The predicted octanol–water partition coefficient (Wildman–Crippen LogP) is 2.79. The Bertz CT molecular complexity index is 422. The lowest BCUT2D eigenvalue weighted by Gasteiger charge is -1.96. The summed E-state index contributed by atoms with van der Waals surface area (Å²) in [4.78, 5) is 0. The van der Waals surface area contributed by atoms with Crippen LogP contribution >= 0.6 is 0 Å². The number of nitrogens with zero attached hydrogens (tertiary/aromatic N) is 1. The van der Waals surface area contributed by atoms with Crippen LogP contribution in [-0.2, 0) is 0 Å². The average molecular weight is 177 g/mol. The fourth-order valence-electron chi connectivity index (χ4n) is 1.23. The summed E-state index contributed by atoms with van der Waals surface area (Å²) in [5, 5.41) is 3.73. The van der Waals surface area contributed by atoms with E-state index in [0.717, 1.165) is 16.8 Å². The maximum atomic E-state index is 12.8. The van der Waals surface area contributed by atoms with Gasteiger partial charge in [0.05, 0.1) is 5.69 Å². The highest BCUT2D eigenvalue weighted by molar-refractivity contribution is 5.64. The topological polar surface area (TPSA) is 26.0 Å². The summed E-state index contributed by atoms with van der Waals surface area (Å²) in [6, 6.07) is 6.35. The molecule has 0 spiro atoms. The summed E-state index contributed by atoms with van der Waals surface area (Å²) in [6.45, 7) is 1.82. The standard InChI is InChI=1S/C10H8FNO/c1-7-10(6-13-12-7)8-3-2-4-9(11)5-8/h2-6H,1H3. The van der Waals surface area contributed by atoms with Crippen molar-refractivity contribution in [1.29, 1.82) is 0 Å². The zero-order chi connectivity index (χ0) is 9.26. The van der Waals surface area contributed by atoms with Gasteiger partial charge in [0.15, 0.2) is 0 Å². The molecule has 0 saturated carbocycles. The Kier molecular flexibility index (Phi) is 1.85. The SMILES string of the molecule is Cc1nocc1-c1cccc(F)c1. The van der Waals surface area contributed by atoms with Crippen LogP contribution in [0.15, 0.2) is 35.1 Å². The van der Waals surface area contributed by atoms with Crippen LogP contribution in [0.1, 0.15) is 5.69 Å². The van der Waals surface area contributed by atoms with Gasteiger partial charge in [-0.25, -0.2) is 4.39 Å². The van der Waals surface area contributed by atoms with Gasteiger partial charge < -0.3 is 4.52 Å². The first-order chi connectivity index (χ1) is 6.27. The highest BCUT2D eigenvalue weighted by Gasteiger charge is 2.05. The molecule has 0 aliphatic rings. The maximum Gasteiger partial charge on any atom is 0.131 e. The minimum Gasteiger partial charge on any atom is -0.364 e. The number of hydrogen-bond acceptors (Lipinski definition) is 2. The van der Waals surface area contributed by atoms with Crippen molar-refractivity contribution in [3.63, 3.8) is 0 Å². The lowest BCUT2D eigenvalue weighted by molar-refractivity contribution is 0.415. The Balaban J connectivity index is 2.53. The van der Waals surface area contributed by atoms with Gasteiger partial charge in [0.2, 0.25) is 0 Å². The Labute approximate surface area is 75.0 Å². The first-order valence-corrected chi connectivity index (χ1v) is 3.94. The molecule has 0 saturated heterocycles. The molecule has 0 fully saturated rings. The van der Waals surface area contributed by atoms with Crippen LogP contribution in [0.25, 0.3) is 11.1 Å². The average Bonchev–Trinajstić information content (AvgIpc) is 2.51. The molecule has 3 heteroatoms. The molecule has 1 aromatic carbocycles. The van der Waals surface area contributed by atoms with Crippen molar-refractivity contribution in [2.75, 3.05) is 0 Å². The van der Waals surface area contributed by atoms with Crippen molar-refractivity contribution in [3.05, 3.63) is 42.0 Å². The van der Waals surface area contributed by atoms with Crippen LogP contribution in [0.3, 0.4) is 0 Å². The molecule has 1 heterocycles. The van der Waals surface area contributed by atoms with Crippen LogP contribution in [0.5, 0.6) is 0 Å². The van der Waals surface area contributed by atoms with Gasteiger partial charge in [0.1, 0.15) is 12.1 Å². The van der Waals surface area contributed by atoms with E-state index in [1.807, 2.05) is 13.0 Å². The van der Waals surface area contributed by atoms with Gasteiger partial charge in [-0.3, -0.25) is 0 Å². The highest BCUT2D eigenvalue weighted by atomic mass is 19.1. The molecule has 0 amide bonds. The van der Waals surface area contributed by atoms with Crippen molar-refractivity contribution in [1.82, 2.24) is 5.16 Å². The zero-order valence-electron chi connectivity index (χ0n) is 7.12. The second-order valence-electron chi connectivity index (χ2n) is 2.82. The fourth-order valence-corrected chi connectivity index (χ4v) is 1.23. The molecule has 0 aliphatic heterocycles. The van der Waals surface area contributed by atoms with Crippen LogP contribution < -0.4 is 0 Å². The van der Waals surface area contributed by atoms with E-state index in [1.54, 1.807) is 6.07 Å². The fraction of sp³-hybridized carbons (Fsp3) is 0.100. The summed E-state index contributed by atoms with van der Waals surface area (Å²) in [7, 11) is 0. The molecule has 0 atom stereocenters. The summed E-state index contributed by atoms with van der Waals surface area (Å²) in [5.41, 5.74) is 2.39. The molecule has 0 bridgehead atoms. The second kappa shape index (κ2) is 3.01. The number of benzene rings is 1. The van der Waals surface area contributed by atoms with E-state index >= 15 is 0 Å². The molecule has 2 aromatic rings. The van der Waals surface area contributed by atoms with Crippen molar-refractivity contribution in [3.8, 4) is 11.1 Å². The molecule has 0 unspecified atom stereocenters. The van der Waals surface area contributed by atoms with Gasteiger partial charge >= 0.3 is 0 Å². The van der Waals surface area contributed by atoms with Gasteiger partial charge in [-0.1, -0.05) is 17.3 Å². The quantitative estimate of drug-likeness (QED) is 0.669. The van der Waals surface area contributed by atoms with E-state index in [1.165, 1.54) is 18.4 Å². The number of aromatic nitrogens is 1. The summed E-state index contributed by atoms with van der Waals surface area (Å²) in [5.74, 6) is -0.252. The van der Waals surface area contributed by atoms with Crippen LogP contribution in [0, 0.1) is 12.7 Å². The van der Waals surface area contributed by atoms with Crippen LogP contribution in [0.2, 0.25) is 0 Å². The molecule has 13 heavy (non-hydrogen) atoms. The summed E-state index contributed by atoms with van der Waals surface area (Å²) >= 11 is 0. The van der Waals surface area contributed by atoms with Gasteiger partial charge in [0.25, 0.3) is 0 Å². The second-order valence-corrected chi connectivity index (χ2v) is 2.82. The normalized spacial score (nSPS) is 10.3. The van der Waals surface area contributed by atoms with Crippen molar-refractivity contribution in [2.45, 2.75) is 6.92 Å². The third-order valence-electron chi connectivity index (χ3n) is 1.89. The van der Waals surface area contributed by atoms with Crippen molar-refractivity contribution >= 4 is 0 Å². The number of aryl methyl sites for hydroxylation is 1. The van der Waals surface area contributed by atoms with E-state index in [9.17, 15) is 4.39 Å². The molecule has 0 aliphatic carbocycles. The first kappa shape index (κ1) is 7.98. The molecular formula is C10H8FNO. The Morgan fingerprint density at radius 1 is 1.38 bits per heavy atom. The summed E-state index contributed by atoms with van der Waals surface area (Å²) < 4.78 is 17.6. The maximum absolute atomic E-state index is 12.8. The molecule has 2 nitrogen and oxygen atoms in total. The van der Waals surface area contributed by atoms with Gasteiger partial charge in [-0.15, -0.1) is 0 Å². The molecular weight excluding hydrogens is 169 g/mol. The van der Waals surface area contributed by atoms with Gasteiger partial charge in [-0.2, -0.15) is 0 Å². The minimum absolute atomic E-state index is 0.252. The third-order valence-corrected chi connectivity index (χ3v) is 1.89. The lowest BCUT2D eigenvalue weighted by Crippen LogP contribution is -1.80. The van der Waals surface area contributed by atoms with Crippen LogP contribution in [-0.4, -0.2) is 5.16 Å². The molecule has 1 aromatic heterocycles. The smallest absolute Gasteiger partial charge is 0.131 e. The highest BCUT2D eigenvalue weighted by Crippen LogP contribution is 2.22. The van der Waals surface area contributed by atoms with E-state index in [2.05, 4.69) is 5.16 Å². The molecule has 66 valence electrons. The third kappa shape index (κ3) is 1.45. The van der Waals surface area contributed by atoms with Gasteiger partial charge in [-0.05, 0) is 24.6 Å². The Morgan fingerprint density at radius 3 is 2.85 bits per heavy atom. The van der Waals surface area contributed by atoms with E-state index in [0.29, 0.717) is 0 Å². The Morgan fingerprint density at radius 2 is 2.23 bits per heavy atom. The van der Waals surface area contributed by atoms with Crippen molar-refractivity contribution < 1.29 is 8.91 Å². The first-order valence-electron chi connectivity index (χ1n) is 3.94. The van der Waals surface area contributed by atoms with E-state index in [-0.39, 0.29) is 5.82 Å². The van der Waals surface area contributed by atoms with Crippen molar-refractivity contribution in [2.24, 2.45) is 0 Å². The van der Waals surface area contributed by atoms with E-state index in [4.69, 9.17) is 4.52 Å². The number of rotatable bonds is 1. The number of hydrogen-bond donors (Lipinski definition) is 0. The lowest BCUT2D eigenvalue weighted by atomic mass is 10.1. The van der Waals surface area contributed by atoms with E-state index < -0.39 is 0 Å². The predicted molar refractivity (Wildman–Crippen MR) is 46.6 cm³/mol. The molecule has 0 radical (unpaired) electrons. The zero-order valence-corrected chi connectivity index (χ0v) is 7.12. The molecule has 0 N–H and O–H groups in total. The van der Waals surface area contributed by atoms with Crippen LogP contribution in [0.4, 0.5) is 4.39 Å². The largest absolute Gasteiger partial charge is 0.364 e. The summed E-state index contributed by atoms with van der Waals surface area (Å²) in [6.07, 6.45) is 1.52. The van der Waals surface area contributed by atoms with Gasteiger partial charge in [0, 0.05) is 5.56 Å². The monoisotopic (exact) mass is 177 g/mol.